The molecule has 0 radical (unpaired) electrons. The first-order valence-electron chi connectivity index (χ1n) is 40.9. The van der Waals surface area contributed by atoms with E-state index in [1.54, 1.807) is 39.8 Å². The summed E-state index contributed by atoms with van der Waals surface area (Å²) in [6.45, 7) is 9.49. The van der Waals surface area contributed by atoms with Gasteiger partial charge in [-0.15, -0.1) is 0 Å². The number of amides is 5. The molecule has 7 aliphatic heterocycles. The molecular formula is C89H101Cl3N8O25. The van der Waals surface area contributed by atoms with Gasteiger partial charge in [0, 0.05) is 71.1 Å². The number of carbonyl (C=O) groups excluding carboxylic acids is 7. The average Bonchev–Trinajstić information content (AvgIpc) is 0.617. The molecule has 3 fully saturated rings. The summed E-state index contributed by atoms with van der Waals surface area (Å²) in [5.41, 5.74) is 10.5. The van der Waals surface area contributed by atoms with Gasteiger partial charge < -0.3 is 128 Å². The summed E-state index contributed by atoms with van der Waals surface area (Å²) in [5.74, 6) is -19.0. The molecule has 7 heterocycles. The predicted octanol–water partition coefficient (Wildman–Crippen LogP) is 7.13. The van der Waals surface area contributed by atoms with Crippen molar-refractivity contribution in [3.63, 3.8) is 0 Å². The van der Waals surface area contributed by atoms with E-state index in [1.165, 1.54) is 49.5 Å². The van der Waals surface area contributed by atoms with E-state index in [4.69, 9.17) is 79.4 Å². The highest BCUT2D eigenvalue weighted by Crippen LogP contribution is 2.51. The normalized spacial score (nSPS) is 29.9. The molecule has 8 aliphatic rings. The molecule has 0 aromatic heterocycles. The van der Waals surface area contributed by atoms with Crippen LogP contribution in [0.3, 0.4) is 0 Å². The maximum atomic E-state index is 16.7. The quantitative estimate of drug-likeness (QED) is 0.0382. The Morgan fingerprint density at radius 3 is 1.94 bits per heavy atom. The number of nitrogens with two attached hydrogens (primary N) is 2. The topological polar surface area (TPSA) is 528 Å². The van der Waals surface area contributed by atoms with Gasteiger partial charge in [-0.05, 0) is 165 Å². The van der Waals surface area contributed by atoms with E-state index in [0.29, 0.717) is 5.02 Å². The van der Waals surface area contributed by atoms with Gasteiger partial charge in [0.2, 0.25) is 41.6 Å². The number of hydrogen-bond acceptors (Lipinski definition) is 27. The second-order valence-corrected chi connectivity index (χ2v) is 35.1. The van der Waals surface area contributed by atoms with Crippen molar-refractivity contribution in [3.8, 4) is 68.2 Å². The number of carboxylic acid groups (broad SMARTS) is 1. The number of ketones is 2. The van der Waals surface area contributed by atoms with Gasteiger partial charge >= 0.3 is 5.97 Å². The number of fused-ring (bicyclic) bond motifs is 15. The highest BCUT2D eigenvalue weighted by molar-refractivity contribution is 6.32. The van der Waals surface area contributed by atoms with Crippen molar-refractivity contribution in [3.05, 3.63) is 176 Å². The first-order valence-corrected chi connectivity index (χ1v) is 42.0. The van der Waals surface area contributed by atoms with Gasteiger partial charge in [-0.1, -0.05) is 110 Å². The lowest BCUT2D eigenvalue weighted by molar-refractivity contribution is -0.334. The molecule has 2 saturated heterocycles. The van der Waals surface area contributed by atoms with Gasteiger partial charge in [-0.3, -0.25) is 33.6 Å². The number of carbonyl (C=O) groups is 8. The number of ether oxygens (including phenoxy) is 7. The lowest BCUT2D eigenvalue weighted by Gasteiger charge is -2.48. The van der Waals surface area contributed by atoms with Crippen LogP contribution >= 0.6 is 34.8 Å². The number of phenolic OH excluding ortho intramolecular Hbond substituents is 3. The molecule has 22 atom stereocenters. The van der Waals surface area contributed by atoms with Crippen LogP contribution in [0, 0.1) is 17.8 Å². The molecule has 125 heavy (non-hydrogen) atoms. The number of Topliss-reactive ketones (excluding diaryl/α,β-unsaturated/α-hetero) is 2. The highest BCUT2D eigenvalue weighted by Gasteiger charge is 2.53. The standard InChI is InChI=1S/C89H101Cl3N8O25/c1-38(2)22-57(95-7)84(115)99-72-60(105)27-48(30-67(93)107)82(113)97-70-47-28-64(121-62-20-15-45(74(72)108)25-55(62)91)78(125-87-79(76(110)75(109)66(37-101)123-87)124-68-35-89(6,81(112)40(4)119-68)96-36-41-8-10-42(11-9-41)43-12-17-49(90)18-13-43)65(29-47)122-63-21-16-46(26-56(63)92)77(120-51-23-39(3)80(111)88(5,94)34-51)73-85(116)98-71(86(117)118)54-31-50(102)32-59(104)69(54)53-24-44(14-19-58(53)103)52(33-61(70)106)83(114)100-73/h8-21,24-26,28-29,31-32,38-40,48,51-52,57,66,68,70-77,79-81,87,95-96,101-104,108-112H,22-23,27,30,33-37,94H2,1-7H3,(H2,93,107)(H,97,113)(H,98,116)(H,99,115)(H,100,114)(H,117,118)/t39?,40?,48-,51?,52+,57+,66?,68?,70+,71-,72-,73-,74+,75?,76?,77+,79?,80?,81?,87?,88?,89?/m0/s1. The molecule has 20 N–H and O–H groups in total. The number of rotatable bonds is 19. The number of primary amides is 1. The number of hydrogen-bond donors (Lipinski definition) is 18. The number of aliphatic hydroxyl groups excluding tert-OH is 6. The monoisotopic (exact) mass is 1790 g/mol. The molecule has 33 nitrogen and oxygen atoms in total. The molecule has 1 aliphatic carbocycles. The molecule has 7 aromatic carbocycles. The Kier molecular flexibility index (Phi) is 28.3. The fourth-order valence-electron chi connectivity index (χ4n) is 17.3. The summed E-state index contributed by atoms with van der Waals surface area (Å²) in [5, 5.41) is 134. The molecule has 5 amide bonds. The van der Waals surface area contributed by atoms with Crippen LogP contribution in [0.15, 0.2) is 127 Å². The highest BCUT2D eigenvalue weighted by atomic mass is 35.5. The van der Waals surface area contributed by atoms with Crippen LogP contribution in [0.2, 0.25) is 15.1 Å². The fourth-order valence-corrected chi connectivity index (χ4v) is 17.8. The summed E-state index contributed by atoms with van der Waals surface area (Å²) in [6.07, 6.45) is -22.3. The molecule has 13 unspecified atom stereocenters. The van der Waals surface area contributed by atoms with Crippen LogP contribution in [0.25, 0.3) is 22.3 Å². The zero-order valence-corrected chi connectivity index (χ0v) is 71.3. The minimum absolute atomic E-state index is 0.0505. The van der Waals surface area contributed by atoms with E-state index in [2.05, 4.69) is 31.9 Å². The summed E-state index contributed by atoms with van der Waals surface area (Å²) in [4.78, 5) is 122. The zero-order chi connectivity index (χ0) is 90.3. The Bertz CT molecular complexity index is 5240. The van der Waals surface area contributed by atoms with Gasteiger partial charge in [-0.25, -0.2) is 4.79 Å². The van der Waals surface area contributed by atoms with Crippen molar-refractivity contribution in [2.75, 3.05) is 13.7 Å². The number of carboxylic acids is 1. The molecule has 15 rings (SSSR count). The summed E-state index contributed by atoms with van der Waals surface area (Å²) >= 11 is 20.9. The van der Waals surface area contributed by atoms with Gasteiger partial charge in [0.05, 0.1) is 58.9 Å². The van der Waals surface area contributed by atoms with Crippen LogP contribution in [-0.4, -0.2) is 202 Å². The second-order valence-electron chi connectivity index (χ2n) is 33.9. The summed E-state index contributed by atoms with van der Waals surface area (Å²) < 4.78 is 47.2. The van der Waals surface area contributed by atoms with E-state index < -0.39 is 257 Å². The molecule has 11 bridgehead atoms. The zero-order valence-electron chi connectivity index (χ0n) is 69.0. The predicted molar refractivity (Wildman–Crippen MR) is 451 cm³/mol. The van der Waals surface area contributed by atoms with Crippen molar-refractivity contribution < 1.29 is 123 Å². The average molecular weight is 1790 g/mol. The van der Waals surface area contributed by atoms with Crippen LogP contribution in [-0.2, 0) is 63.8 Å². The molecule has 0 spiro atoms. The smallest absolute Gasteiger partial charge is 0.330 e. The molecule has 1 saturated carbocycles. The van der Waals surface area contributed by atoms with Crippen LogP contribution in [0.5, 0.6) is 46.0 Å². The molecule has 668 valence electrons. The summed E-state index contributed by atoms with van der Waals surface area (Å²) in [6, 6.07) is 20.4. The van der Waals surface area contributed by atoms with E-state index >= 15 is 24.0 Å². The molecular weight excluding hydrogens is 1690 g/mol. The number of halogens is 3. The van der Waals surface area contributed by atoms with Crippen molar-refractivity contribution >= 4 is 81.9 Å². The third-order valence-electron chi connectivity index (χ3n) is 24.0. The lowest BCUT2D eigenvalue weighted by Crippen LogP contribution is -2.65. The van der Waals surface area contributed by atoms with Gasteiger partial charge in [0.1, 0.15) is 77.4 Å². The number of aliphatic hydroxyl groups is 6. The van der Waals surface area contributed by atoms with E-state index in [-0.39, 0.29) is 81.9 Å². The van der Waals surface area contributed by atoms with Gasteiger partial charge in [-0.2, -0.15) is 0 Å². The van der Waals surface area contributed by atoms with E-state index in [1.807, 2.05) is 50.2 Å². The summed E-state index contributed by atoms with van der Waals surface area (Å²) in [7, 11) is 1.50. The number of aliphatic carboxylic acids is 1. The first kappa shape index (κ1) is 92.5. The van der Waals surface area contributed by atoms with Crippen molar-refractivity contribution in [1.82, 2.24) is 31.9 Å². The molecule has 7 aromatic rings. The Hall–Kier alpha value is -10.2. The Labute approximate surface area is 733 Å². The maximum absolute atomic E-state index is 16.7. The second kappa shape index (κ2) is 38.2. The van der Waals surface area contributed by atoms with Crippen molar-refractivity contribution in [2.24, 2.45) is 29.2 Å². The maximum Gasteiger partial charge on any atom is 0.330 e. The van der Waals surface area contributed by atoms with Crippen molar-refractivity contribution in [1.29, 1.82) is 0 Å². The Morgan fingerprint density at radius 2 is 1.32 bits per heavy atom. The largest absolute Gasteiger partial charge is 0.508 e. The van der Waals surface area contributed by atoms with Crippen LogP contribution < -0.4 is 57.6 Å². The number of aromatic hydroxyl groups is 3. The number of nitrogens with one attached hydrogen (secondary N) is 6. The van der Waals surface area contributed by atoms with Crippen LogP contribution in [0.1, 0.15) is 150 Å². The lowest BCUT2D eigenvalue weighted by atomic mass is 9.74. The fraction of sp³-hybridized carbons (Fsp3) is 0.438. The molecule has 36 heteroatoms. The van der Waals surface area contributed by atoms with E-state index in [0.717, 1.165) is 53.1 Å². The Balaban J connectivity index is 1.02. The minimum Gasteiger partial charge on any atom is -0.508 e. The minimum atomic E-state index is -2.25. The number of benzene rings is 7. The van der Waals surface area contributed by atoms with Gasteiger partial charge in [0.25, 0.3) is 0 Å². The number of likely N-dealkylation sites (N-methyl/N-ethyl adjacent to an activating group) is 1. The first-order chi connectivity index (χ1) is 59.2. The van der Waals surface area contributed by atoms with Gasteiger partial charge in [0.15, 0.2) is 41.5 Å². The third-order valence-corrected chi connectivity index (χ3v) is 24.8. The number of phenols is 3. The SMILES string of the molecule is CN[C@H](CC(C)C)C(=O)N[C@H]1C(=O)C[C@@H](CC(N)=O)C(=O)N[C@H]2C(=O)C[C@H]3C(=O)N[C@H](C(=O)N[C@H](C(=O)O)c4cc(O)cc(O)c4-c4cc3ccc4O)[C@H](OC3CC(C)C(O)C(C)(N)C3)c3ccc(c(Cl)c3)Oc3cc2cc(c3OC2OC(CO)C(O)C(O)C2OC2CC(C)(NCc3ccc(-c4ccc(Cl)cc4)cc3)C(O)C(C)O2)Oc2ccc(cc2Cl)[C@H]1O. The van der Waals surface area contributed by atoms with Crippen molar-refractivity contribution in [2.45, 2.75) is 214 Å². The van der Waals surface area contributed by atoms with E-state index in [9.17, 15) is 65.4 Å². The Morgan fingerprint density at radius 1 is 0.680 bits per heavy atom. The van der Waals surface area contributed by atoms with Crippen LogP contribution in [0.4, 0.5) is 0 Å². The third kappa shape index (κ3) is 20.3.